The van der Waals surface area contributed by atoms with Crippen LogP contribution in [0.3, 0.4) is 0 Å². The number of rotatable bonds is 6. The molecule has 0 rings (SSSR count). The maximum Gasteiger partial charge on any atom is 1.00 e. The van der Waals surface area contributed by atoms with Crippen LogP contribution in [-0.4, -0.2) is 12.3 Å². The van der Waals surface area contributed by atoms with Gasteiger partial charge in [0, 0.05) is 0 Å². The van der Waals surface area contributed by atoms with Crippen molar-refractivity contribution >= 4 is 8.58 Å². The predicted octanol–water partition coefficient (Wildman–Crippen LogP) is -2.73. The van der Waals surface area contributed by atoms with Crippen molar-refractivity contribution in [2.45, 2.75) is 26.2 Å². The Hall–Kier alpha value is 1.36. The van der Waals surface area contributed by atoms with Crippen LogP contribution >= 0.6 is 8.58 Å². The van der Waals surface area contributed by atoms with Gasteiger partial charge in [0.25, 0.3) is 0 Å². The van der Waals surface area contributed by atoms with Crippen LogP contribution in [0.2, 0.25) is 0 Å². The molecular formula is C8H19Li2P. The Morgan fingerprint density at radius 2 is 2.00 bits per heavy atom. The molecule has 0 amide bonds. The Bertz CT molecular complexity index is 75.2. The van der Waals surface area contributed by atoms with E-state index in [1.807, 2.05) is 6.08 Å². The molecule has 0 radical (unpaired) electrons. The van der Waals surface area contributed by atoms with Gasteiger partial charge in [-0.25, -0.2) is 0 Å². The first-order valence-electron chi connectivity index (χ1n) is 3.73. The molecule has 0 nitrogen and oxygen atoms in total. The van der Waals surface area contributed by atoms with E-state index in [1.54, 1.807) is 0 Å². The quantitative estimate of drug-likeness (QED) is 0.171. The predicted molar refractivity (Wildman–Crippen MR) is 50.0 cm³/mol. The molecule has 0 aliphatic heterocycles. The van der Waals surface area contributed by atoms with Gasteiger partial charge in [-0.3, -0.25) is 0 Å². The van der Waals surface area contributed by atoms with E-state index >= 15 is 0 Å². The van der Waals surface area contributed by atoms with Gasteiger partial charge in [0.15, 0.2) is 0 Å². The molecule has 0 aromatic heterocycles. The van der Waals surface area contributed by atoms with Gasteiger partial charge in [0.1, 0.15) is 0 Å². The van der Waals surface area contributed by atoms with E-state index in [2.05, 4.69) is 13.5 Å². The summed E-state index contributed by atoms with van der Waals surface area (Å²) in [5.41, 5.74) is 0. The molecule has 0 aromatic carbocycles. The van der Waals surface area contributed by atoms with Gasteiger partial charge in [0.2, 0.25) is 0 Å². The molecule has 1 atom stereocenters. The van der Waals surface area contributed by atoms with Crippen molar-refractivity contribution in [2.24, 2.45) is 0 Å². The van der Waals surface area contributed by atoms with Crippen molar-refractivity contribution in [3.05, 3.63) is 12.7 Å². The zero-order valence-corrected chi connectivity index (χ0v) is 9.32. The summed E-state index contributed by atoms with van der Waals surface area (Å²) >= 11 is 0. The van der Waals surface area contributed by atoms with Gasteiger partial charge < -0.3 is 2.85 Å². The summed E-state index contributed by atoms with van der Waals surface area (Å²) in [5, 5.41) is 0. The minimum absolute atomic E-state index is 0. The standard InChI is InChI=1S/C8H17P.2Li.2H/c1-3-5-6-8-9-7-4-2;;;;/h4,9H,2-3,5-8H2,1H3;;;;/q;2*+1;2*-1. The van der Waals surface area contributed by atoms with Gasteiger partial charge in [0.05, 0.1) is 0 Å². The smallest absolute Gasteiger partial charge is 1.00 e. The summed E-state index contributed by atoms with van der Waals surface area (Å²) in [4.78, 5) is 0. The summed E-state index contributed by atoms with van der Waals surface area (Å²) in [5.74, 6) is 0. The third-order valence-electron chi connectivity index (χ3n) is 1.25. The van der Waals surface area contributed by atoms with Crippen molar-refractivity contribution in [3.8, 4) is 0 Å². The third kappa shape index (κ3) is 18.4. The second kappa shape index (κ2) is 17.4. The van der Waals surface area contributed by atoms with E-state index < -0.39 is 0 Å². The Morgan fingerprint density at radius 3 is 2.45 bits per heavy atom. The van der Waals surface area contributed by atoms with E-state index in [0.717, 1.165) is 8.58 Å². The van der Waals surface area contributed by atoms with Crippen LogP contribution in [0.1, 0.15) is 29.0 Å². The van der Waals surface area contributed by atoms with Crippen molar-refractivity contribution in [1.29, 1.82) is 0 Å². The van der Waals surface area contributed by atoms with Gasteiger partial charge in [-0.05, 0) is 18.7 Å². The molecular weight excluding hydrogens is 141 g/mol. The van der Waals surface area contributed by atoms with Crippen molar-refractivity contribution in [2.75, 3.05) is 12.3 Å². The minimum Gasteiger partial charge on any atom is -1.00 e. The third-order valence-corrected chi connectivity index (χ3v) is 2.53. The Morgan fingerprint density at radius 1 is 1.36 bits per heavy atom. The molecule has 0 aliphatic carbocycles. The van der Waals surface area contributed by atoms with Crippen LogP contribution in [0.4, 0.5) is 0 Å². The van der Waals surface area contributed by atoms with E-state index in [0.29, 0.717) is 0 Å². The minimum atomic E-state index is 0. The molecule has 0 saturated carbocycles. The van der Waals surface area contributed by atoms with Crippen molar-refractivity contribution in [3.63, 3.8) is 0 Å². The largest absolute Gasteiger partial charge is 1.00 e. The van der Waals surface area contributed by atoms with Crippen molar-refractivity contribution < 1.29 is 40.6 Å². The average Bonchev–Trinajstić information content (AvgIpc) is 1.89. The van der Waals surface area contributed by atoms with Crippen LogP contribution < -0.4 is 37.7 Å². The molecule has 58 valence electrons. The zero-order chi connectivity index (χ0) is 6.95. The summed E-state index contributed by atoms with van der Waals surface area (Å²) in [6, 6.07) is 0. The number of hydrogen-bond donors (Lipinski definition) is 0. The maximum absolute atomic E-state index is 3.69. The van der Waals surface area contributed by atoms with Crippen LogP contribution in [0.15, 0.2) is 12.7 Å². The number of allylic oxidation sites excluding steroid dienone is 1. The van der Waals surface area contributed by atoms with Gasteiger partial charge in [-0.1, -0.05) is 25.8 Å². The zero-order valence-electron chi connectivity index (χ0n) is 10.3. The summed E-state index contributed by atoms with van der Waals surface area (Å²) in [6.07, 6.45) is 8.83. The topological polar surface area (TPSA) is 0 Å². The van der Waals surface area contributed by atoms with E-state index in [-0.39, 0.29) is 40.6 Å². The maximum atomic E-state index is 3.69. The molecule has 0 saturated heterocycles. The van der Waals surface area contributed by atoms with Crippen LogP contribution in [0.5, 0.6) is 0 Å². The molecule has 3 heteroatoms. The summed E-state index contributed by atoms with van der Waals surface area (Å²) in [6.45, 7) is 5.93. The monoisotopic (exact) mass is 160 g/mol. The van der Waals surface area contributed by atoms with E-state index in [1.165, 1.54) is 31.6 Å². The first kappa shape index (κ1) is 18.2. The van der Waals surface area contributed by atoms with Gasteiger partial charge >= 0.3 is 37.7 Å². The molecule has 0 N–H and O–H groups in total. The molecule has 0 fully saturated rings. The second-order valence-electron chi connectivity index (χ2n) is 2.20. The SMILES string of the molecule is C=CCPCCCCC.[H-].[H-].[Li+].[Li+]. The Kier molecular flexibility index (Phi) is 28.9. The fraction of sp³-hybridized carbons (Fsp3) is 0.750. The normalized spacial score (nSPS) is 8.82. The summed E-state index contributed by atoms with van der Waals surface area (Å²) < 4.78 is 0. The molecule has 11 heavy (non-hydrogen) atoms. The van der Waals surface area contributed by atoms with Crippen LogP contribution in [0.25, 0.3) is 0 Å². The second-order valence-corrected chi connectivity index (χ2v) is 3.61. The molecule has 0 aliphatic rings. The fourth-order valence-corrected chi connectivity index (χ4v) is 1.61. The molecule has 0 aromatic rings. The Labute approximate surface area is 100 Å². The fourth-order valence-electron chi connectivity index (χ4n) is 0.704. The van der Waals surface area contributed by atoms with Gasteiger partial charge in [-0.15, -0.1) is 15.2 Å². The molecule has 0 spiro atoms. The number of hydrogen-bond acceptors (Lipinski definition) is 0. The molecule has 0 heterocycles. The average molecular weight is 160 g/mol. The molecule has 1 unspecified atom stereocenters. The van der Waals surface area contributed by atoms with E-state index in [4.69, 9.17) is 0 Å². The van der Waals surface area contributed by atoms with Crippen LogP contribution in [-0.2, 0) is 0 Å². The first-order chi connectivity index (χ1) is 4.41. The van der Waals surface area contributed by atoms with Gasteiger partial charge in [-0.2, -0.15) is 0 Å². The van der Waals surface area contributed by atoms with Crippen molar-refractivity contribution in [1.82, 2.24) is 0 Å². The van der Waals surface area contributed by atoms with Crippen LogP contribution in [0, 0.1) is 0 Å². The first-order valence-corrected chi connectivity index (χ1v) is 5.14. The summed E-state index contributed by atoms with van der Waals surface area (Å²) in [7, 11) is 1.12. The van der Waals surface area contributed by atoms with E-state index in [9.17, 15) is 0 Å². The molecule has 0 bridgehead atoms. The Balaban J connectivity index is -0.0000000533. The number of unbranched alkanes of at least 4 members (excludes halogenated alkanes) is 2.